The highest BCUT2D eigenvalue weighted by Gasteiger charge is 2.06. The minimum absolute atomic E-state index is 0. The predicted octanol–water partition coefficient (Wildman–Crippen LogP) is 2.87. The van der Waals surface area contributed by atoms with Crippen molar-refractivity contribution in [3.8, 4) is 11.1 Å². The van der Waals surface area contributed by atoms with E-state index >= 15 is 0 Å². The quantitative estimate of drug-likeness (QED) is 0.837. The summed E-state index contributed by atoms with van der Waals surface area (Å²) in [4.78, 5) is 0.354. The Balaban J connectivity index is 0.00000144. The zero-order chi connectivity index (χ0) is 11.6. The summed E-state index contributed by atoms with van der Waals surface area (Å²) in [6, 6.07) is 16.8. The Hall–Kier alpha value is -1.26. The van der Waals surface area contributed by atoms with Crippen molar-refractivity contribution in [3.05, 3.63) is 54.6 Å². The van der Waals surface area contributed by atoms with Gasteiger partial charge >= 0.3 is 0 Å². The third-order valence-corrected chi connectivity index (χ3v) is 3.52. The number of benzene rings is 2. The van der Waals surface area contributed by atoms with Crippen molar-refractivity contribution in [3.63, 3.8) is 0 Å². The molecule has 0 aliphatic carbocycles. The zero-order valence-corrected chi connectivity index (χ0v) is 11.2. The Labute approximate surface area is 109 Å². The molecule has 0 bridgehead atoms. The van der Waals surface area contributed by atoms with Gasteiger partial charge in [0.1, 0.15) is 0 Å². The van der Waals surface area contributed by atoms with Gasteiger partial charge in [0.05, 0.1) is 4.90 Å². The largest absolute Gasteiger partial charge is 0.224 e. The van der Waals surface area contributed by atoms with Crippen LogP contribution in [0.15, 0.2) is 59.5 Å². The fourth-order valence-electron chi connectivity index (χ4n) is 1.53. The summed E-state index contributed by atoms with van der Waals surface area (Å²) >= 11 is 0. The minimum atomic E-state index is -3.10. The molecule has 2 aromatic carbocycles. The van der Waals surface area contributed by atoms with Crippen LogP contribution < -0.4 is 0 Å². The van der Waals surface area contributed by atoms with Gasteiger partial charge < -0.3 is 0 Å². The molecular formula is C13H14O2S2. The lowest BCUT2D eigenvalue weighted by Crippen LogP contribution is -1.96. The molecule has 0 saturated carbocycles. The van der Waals surface area contributed by atoms with Gasteiger partial charge in [-0.15, -0.1) is 0 Å². The van der Waals surface area contributed by atoms with E-state index in [1.807, 2.05) is 42.5 Å². The Kier molecular flexibility index (Phi) is 4.37. The topological polar surface area (TPSA) is 34.1 Å². The molecule has 2 rings (SSSR count). The average molecular weight is 266 g/mol. The van der Waals surface area contributed by atoms with Crippen LogP contribution in [0.4, 0.5) is 0 Å². The molecule has 0 aliphatic rings. The Bertz CT molecular complexity index is 573. The molecule has 2 aromatic rings. The van der Waals surface area contributed by atoms with Crippen molar-refractivity contribution in [2.75, 3.05) is 6.26 Å². The van der Waals surface area contributed by atoms with Crippen molar-refractivity contribution >= 4 is 23.3 Å². The number of hydrogen-bond acceptors (Lipinski definition) is 2. The van der Waals surface area contributed by atoms with Crippen molar-refractivity contribution in [1.29, 1.82) is 0 Å². The van der Waals surface area contributed by atoms with E-state index in [1.165, 1.54) is 6.26 Å². The Morgan fingerprint density at radius 1 is 0.765 bits per heavy atom. The third kappa shape index (κ3) is 3.35. The number of hydrogen-bond donors (Lipinski definition) is 0. The smallest absolute Gasteiger partial charge is 0.175 e. The Morgan fingerprint density at radius 2 is 1.24 bits per heavy atom. The predicted molar refractivity (Wildman–Crippen MR) is 75.4 cm³/mol. The zero-order valence-electron chi connectivity index (χ0n) is 9.42. The maximum absolute atomic E-state index is 11.3. The van der Waals surface area contributed by atoms with E-state index in [0.717, 1.165) is 11.1 Å². The first kappa shape index (κ1) is 13.8. The molecule has 0 aliphatic heterocycles. The summed E-state index contributed by atoms with van der Waals surface area (Å²) in [5, 5.41) is 0. The molecule has 90 valence electrons. The fourth-order valence-corrected chi connectivity index (χ4v) is 2.16. The monoisotopic (exact) mass is 266 g/mol. The number of sulfone groups is 1. The average Bonchev–Trinajstić information content (AvgIpc) is 2.29. The first-order valence-electron chi connectivity index (χ1n) is 4.93. The summed E-state index contributed by atoms with van der Waals surface area (Å²) in [6.45, 7) is 0. The highest BCUT2D eigenvalue weighted by atomic mass is 32.2. The van der Waals surface area contributed by atoms with E-state index in [-0.39, 0.29) is 13.5 Å². The van der Waals surface area contributed by atoms with Crippen molar-refractivity contribution < 1.29 is 8.42 Å². The van der Waals surface area contributed by atoms with E-state index in [4.69, 9.17) is 0 Å². The standard InChI is InChI=1S/C13H12O2S.H2S/c1-16(14,15)13-9-7-12(8-10-13)11-5-3-2-4-6-11;/h2-10H,1H3;1H2. The molecule has 0 saturated heterocycles. The fraction of sp³-hybridized carbons (Fsp3) is 0.0769. The maximum atomic E-state index is 11.3. The first-order valence-corrected chi connectivity index (χ1v) is 6.82. The molecule has 4 heteroatoms. The van der Waals surface area contributed by atoms with Crippen LogP contribution in [0.1, 0.15) is 0 Å². The van der Waals surface area contributed by atoms with Gasteiger partial charge in [0, 0.05) is 6.26 Å². The first-order chi connectivity index (χ1) is 7.57. The van der Waals surface area contributed by atoms with E-state index in [0.29, 0.717) is 4.90 Å². The SMILES string of the molecule is CS(=O)(=O)c1ccc(-c2ccccc2)cc1.S. The lowest BCUT2D eigenvalue weighted by molar-refractivity contribution is 0.602. The second-order valence-electron chi connectivity index (χ2n) is 3.66. The molecule has 17 heavy (non-hydrogen) atoms. The van der Waals surface area contributed by atoms with Crippen LogP contribution in [-0.2, 0) is 9.84 Å². The molecular weight excluding hydrogens is 252 g/mol. The van der Waals surface area contributed by atoms with Crippen LogP contribution in [0.3, 0.4) is 0 Å². The highest BCUT2D eigenvalue weighted by Crippen LogP contribution is 2.20. The van der Waals surface area contributed by atoms with E-state index in [9.17, 15) is 8.42 Å². The summed E-state index contributed by atoms with van der Waals surface area (Å²) in [5.74, 6) is 0. The third-order valence-electron chi connectivity index (χ3n) is 2.39. The van der Waals surface area contributed by atoms with E-state index in [2.05, 4.69) is 0 Å². The molecule has 0 radical (unpaired) electrons. The highest BCUT2D eigenvalue weighted by molar-refractivity contribution is 7.90. The van der Waals surface area contributed by atoms with Crippen LogP contribution in [0, 0.1) is 0 Å². The van der Waals surface area contributed by atoms with Gasteiger partial charge in [-0.3, -0.25) is 0 Å². The molecule has 0 atom stereocenters. The number of rotatable bonds is 2. The van der Waals surface area contributed by atoms with Crippen molar-refractivity contribution in [2.45, 2.75) is 4.90 Å². The molecule has 0 spiro atoms. The van der Waals surface area contributed by atoms with Gasteiger partial charge in [-0.25, -0.2) is 8.42 Å². The van der Waals surface area contributed by atoms with Crippen LogP contribution in [-0.4, -0.2) is 14.7 Å². The van der Waals surface area contributed by atoms with Gasteiger partial charge in [0.2, 0.25) is 0 Å². The van der Waals surface area contributed by atoms with Crippen LogP contribution in [0.25, 0.3) is 11.1 Å². The van der Waals surface area contributed by atoms with Gasteiger partial charge in [-0.2, -0.15) is 13.5 Å². The van der Waals surface area contributed by atoms with Gasteiger partial charge in [-0.1, -0.05) is 42.5 Å². The summed E-state index contributed by atoms with van der Waals surface area (Å²) in [5.41, 5.74) is 2.11. The second kappa shape index (κ2) is 5.38. The lowest BCUT2D eigenvalue weighted by Gasteiger charge is -2.02. The lowest BCUT2D eigenvalue weighted by atomic mass is 10.1. The van der Waals surface area contributed by atoms with Gasteiger partial charge in [0.15, 0.2) is 9.84 Å². The van der Waals surface area contributed by atoms with Gasteiger partial charge in [-0.05, 0) is 23.3 Å². The molecule has 2 nitrogen and oxygen atoms in total. The normalized spacial score (nSPS) is 10.6. The summed E-state index contributed by atoms with van der Waals surface area (Å²) < 4.78 is 22.6. The maximum Gasteiger partial charge on any atom is 0.175 e. The van der Waals surface area contributed by atoms with E-state index in [1.54, 1.807) is 12.1 Å². The second-order valence-corrected chi connectivity index (χ2v) is 5.68. The molecule has 0 unspecified atom stereocenters. The molecule has 0 fully saturated rings. The van der Waals surface area contributed by atoms with Crippen LogP contribution in [0.2, 0.25) is 0 Å². The van der Waals surface area contributed by atoms with Gasteiger partial charge in [0.25, 0.3) is 0 Å². The molecule has 0 heterocycles. The Morgan fingerprint density at radius 3 is 1.71 bits per heavy atom. The summed E-state index contributed by atoms with van der Waals surface area (Å²) in [6.07, 6.45) is 1.21. The molecule has 0 N–H and O–H groups in total. The van der Waals surface area contributed by atoms with E-state index < -0.39 is 9.84 Å². The van der Waals surface area contributed by atoms with Crippen molar-refractivity contribution in [2.24, 2.45) is 0 Å². The van der Waals surface area contributed by atoms with Crippen molar-refractivity contribution in [1.82, 2.24) is 0 Å². The van der Waals surface area contributed by atoms with Crippen LogP contribution >= 0.6 is 13.5 Å². The summed E-state index contributed by atoms with van der Waals surface area (Å²) in [7, 11) is -3.10. The molecule has 0 amide bonds. The minimum Gasteiger partial charge on any atom is -0.224 e. The molecule has 0 aromatic heterocycles. The van der Waals surface area contributed by atoms with Crippen LogP contribution in [0.5, 0.6) is 0 Å².